The Morgan fingerprint density at radius 2 is 1.80 bits per heavy atom. The van der Waals surface area contributed by atoms with Gasteiger partial charge >= 0.3 is 0 Å². The van der Waals surface area contributed by atoms with Crippen LogP contribution in [0.25, 0.3) is 10.8 Å². The Labute approximate surface area is 152 Å². The van der Waals surface area contributed by atoms with Gasteiger partial charge in [-0.3, -0.25) is 5.43 Å². The summed E-state index contributed by atoms with van der Waals surface area (Å²) in [6.45, 7) is 2.56. The van der Waals surface area contributed by atoms with Crippen LogP contribution in [0.1, 0.15) is 12.5 Å². The highest BCUT2D eigenvalue weighted by Gasteiger charge is 2.02. The minimum Gasteiger partial charge on any atom is -0.493 e. The van der Waals surface area contributed by atoms with Gasteiger partial charge in [-0.15, -0.1) is 0 Å². The Morgan fingerprint density at radius 1 is 1.04 bits per heavy atom. The molecule has 2 N–H and O–H groups in total. The van der Waals surface area contributed by atoms with Gasteiger partial charge in [0.2, 0.25) is 0 Å². The van der Waals surface area contributed by atoms with Gasteiger partial charge in [-0.25, -0.2) is 0 Å². The number of hydrogen-bond acceptors (Lipinski definition) is 3. The summed E-state index contributed by atoms with van der Waals surface area (Å²) < 4.78 is 5.57. The normalized spacial score (nSPS) is 10.8. The summed E-state index contributed by atoms with van der Waals surface area (Å²) in [5, 5.41) is 10.1. The predicted molar refractivity (Wildman–Crippen MR) is 109 cm³/mol. The van der Waals surface area contributed by atoms with Crippen molar-refractivity contribution in [1.29, 1.82) is 0 Å². The maximum absolute atomic E-state index is 5.57. The molecule has 3 aromatic rings. The molecule has 0 unspecified atom stereocenters. The Bertz CT molecular complexity index is 903. The molecule has 0 aromatic heterocycles. The zero-order valence-electron chi connectivity index (χ0n) is 13.9. The number of ether oxygens (including phenoxy) is 1. The van der Waals surface area contributed by atoms with E-state index in [2.05, 4.69) is 34.0 Å². The van der Waals surface area contributed by atoms with Gasteiger partial charge in [-0.1, -0.05) is 48.5 Å². The first-order valence-corrected chi connectivity index (χ1v) is 8.48. The summed E-state index contributed by atoms with van der Waals surface area (Å²) in [7, 11) is 0. The van der Waals surface area contributed by atoms with Crippen LogP contribution in [-0.2, 0) is 0 Å². The van der Waals surface area contributed by atoms with Gasteiger partial charge in [0, 0.05) is 16.6 Å². The molecule has 0 atom stereocenters. The second kappa shape index (κ2) is 8.26. The van der Waals surface area contributed by atoms with E-state index in [9.17, 15) is 0 Å². The highest BCUT2D eigenvalue weighted by molar-refractivity contribution is 7.80. The molecule has 0 saturated heterocycles. The van der Waals surface area contributed by atoms with E-state index >= 15 is 0 Å². The molecular weight excluding hydrogens is 330 g/mol. The fourth-order valence-corrected chi connectivity index (χ4v) is 2.68. The zero-order valence-corrected chi connectivity index (χ0v) is 14.7. The van der Waals surface area contributed by atoms with Crippen LogP contribution in [0.5, 0.6) is 5.75 Å². The van der Waals surface area contributed by atoms with Crippen LogP contribution in [0.3, 0.4) is 0 Å². The van der Waals surface area contributed by atoms with E-state index in [-0.39, 0.29) is 0 Å². The lowest BCUT2D eigenvalue weighted by Crippen LogP contribution is -2.24. The monoisotopic (exact) mass is 349 g/mol. The third-order valence-electron chi connectivity index (χ3n) is 3.63. The van der Waals surface area contributed by atoms with Gasteiger partial charge < -0.3 is 10.1 Å². The van der Waals surface area contributed by atoms with Gasteiger partial charge in [0.1, 0.15) is 5.75 Å². The highest BCUT2D eigenvalue weighted by Crippen LogP contribution is 2.22. The molecule has 0 aliphatic carbocycles. The first-order valence-electron chi connectivity index (χ1n) is 8.07. The van der Waals surface area contributed by atoms with Crippen molar-refractivity contribution in [2.24, 2.45) is 5.10 Å². The second-order valence-corrected chi connectivity index (χ2v) is 5.73. The van der Waals surface area contributed by atoms with Crippen LogP contribution in [-0.4, -0.2) is 17.9 Å². The Hall–Kier alpha value is -2.92. The number of thiocarbonyl (C=S) groups is 1. The number of para-hydroxylation sites is 1. The number of nitrogens with zero attached hydrogens (tertiary/aromatic N) is 1. The summed E-state index contributed by atoms with van der Waals surface area (Å²) in [5.41, 5.74) is 4.69. The van der Waals surface area contributed by atoms with Crippen molar-refractivity contribution < 1.29 is 4.74 Å². The van der Waals surface area contributed by atoms with Crippen LogP contribution in [0.4, 0.5) is 5.69 Å². The van der Waals surface area contributed by atoms with Gasteiger partial charge in [0.05, 0.1) is 12.8 Å². The lowest BCUT2D eigenvalue weighted by molar-refractivity contribution is 0.340. The van der Waals surface area contributed by atoms with Crippen molar-refractivity contribution in [3.8, 4) is 5.75 Å². The molecule has 0 radical (unpaired) electrons. The third kappa shape index (κ3) is 4.33. The molecule has 0 amide bonds. The van der Waals surface area contributed by atoms with Crippen molar-refractivity contribution in [3.63, 3.8) is 0 Å². The maximum Gasteiger partial charge on any atom is 0.191 e. The molecule has 25 heavy (non-hydrogen) atoms. The van der Waals surface area contributed by atoms with Gasteiger partial charge in [-0.2, -0.15) is 5.10 Å². The lowest BCUT2D eigenvalue weighted by atomic mass is 10.1. The van der Waals surface area contributed by atoms with Crippen LogP contribution >= 0.6 is 12.2 Å². The lowest BCUT2D eigenvalue weighted by Gasteiger charge is -2.10. The van der Waals surface area contributed by atoms with E-state index < -0.39 is 0 Å². The van der Waals surface area contributed by atoms with Gasteiger partial charge in [0.25, 0.3) is 0 Å². The largest absolute Gasteiger partial charge is 0.493 e. The molecule has 0 spiro atoms. The molecule has 0 heterocycles. The minimum atomic E-state index is 0.432. The first kappa shape index (κ1) is 16.9. The number of anilines is 1. The van der Waals surface area contributed by atoms with Crippen LogP contribution in [0, 0.1) is 0 Å². The molecule has 0 aliphatic rings. The van der Waals surface area contributed by atoms with Crippen LogP contribution < -0.4 is 15.5 Å². The smallest absolute Gasteiger partial charge is 0.191 e. The van der Waals surface area contributed by atoms with E-state index in [1.165, 1.54) is 0 Å². The number of rotatable bonds is 5. The molecule has 0 fully saturated rings. The topological polar surface area (TPSA) is 45.6 Å². The average molecular weight is 349 g/mol. The SMILES string of the molecule is CCOc1ccccc1C=NNC(=S)Nc1cccc2ccccc12. The fourth-order valence-electron chi connectivity index (χ4n) is 2.52. The molecule has 3 rings (SSSR count). The summed E-state index contributed by atoms with van der Waals surface area (Å²) in [5.74, 6) is 0.795. The molecule has 0 saturated carbocycles. The summed E-state index contributed by atoms with van der Waals surface area (Å²) >= 11 is 5.33. The number of benzene rings is 3. The first-order chi connectivity index (χ1) is 12.3. The fraction of sp³-hybridized carbons (Fsp3) is 0.100. The van der Waals surface area contributed by atoms with E-state index in [4.69, 9.17) is 17.0 Å². The van der Waals surface area contributed by atoms with Crippen molar-refractivity contribution in [2.45, 2.75) is 6.92 Å². The summed E-state index contributed by atoms with van der Waals surface area (Å²) in [6.07, 6.45) is 1.70. The van der Waals surface area contributed by atoms with E-state index in [1.54, 1.807) is 6.21 Å². The quantitative estimate of drug-likeness (QED) is 0.403. The molecule has 0 bridgehead atoms. The van der Waals surface area contributed by atoms with Gasteiger partial charge in [0.15, 0.2) is 5.11 Å². The van der Waals surface area contributed by atoms with Crippen LogP contribution in [0.15, 0.2) is 71.8 Å². The summed E-state index contributed by atoms with van der Waals surface area (Å²) in [6, 6.07) is 21.9. The maximum atomic E-state index is 5.57. The average Bonchev–Trinajstić information content (AvgIpc) is 2.64. The number of nitrogens with one attached hydrogen (secondary N) is 2. The Morgan fingerprint density at radius 3 is 2.68 bits per heavy atom. The predicted octanol–water partition coefficient (Wildman–Crippen LogP) is 4.56. The molecule has 5 heteroatoms. The molecule has 3 aromatic carbocycles. The Balaban J connectivity index is 1.67. The van der Waals surface area contributed by atoms with E-state index in [1.807, 2.05) is 55.5 Å². The van der Waals surface area contributed by atoms with E-state index in [0.717, 1.165) is 27.8 Å². The number of hydrazone groups is 1. The Kier molecular flexibility index (Phi) is 5.59. The number of fused-ring (bicyclic) bond motifs is 1. The van der Waals surface area contributed by atoms with Crippen LogP contribution in [0.2, 0.25) is 0 Å². The van der Waals surface area contributed by atoms with Gasteiger partial charge in [-0.05, 0) is 42.7 Å². The zero-order chi connectivity index (χ0) is 17.5. The number of hydrogen-bond donors (Lipinski definition) is 2. The van der Waals surface area contributed by atoms with Crippen molar-refractivity contribution >= 4 is 40.0 Å². The summed E-state index contributed by atoms with van der Waals surface area (Å²) in [4.78, 5) is 0. The van der Waals surface area contributed by atoms with E-state index in [0.29, 0.717) is 11.7 Å². The van der Waals surface area contributed by atoms with Crippen molar-refractivity contribution in [3.05, 3.63) is 72.3 Å². The minimum absolute atomic E-state index is 0.432. The molecule has 4 nitrogen and oxygen atoms in total. The van der Waals surface area contributed by atoms with Crippen molar-refractivity contribution in [1.82, 2.24) is 5.43 Å². The highest BCUT2D eigenvalue weighted by atomic mass is 32.1. The molecule has 0 aliphatic heterocycles. The second-order valence-electron chi connectivity index (χ2n) is 5.32. The van der Waals surface area contributed by atoms with Crippen molar-refractivity contribution in [2.75, 3.05) is 11.9 Å². The molecular formula is C20H19N3OS. The molecule has 126 valence electrons. The third-order valence-corrected chi connectivity index (χ3v) is 3.82. The standard InChI is InChI=1S/C20H19N3OS/c1-2-24-19-13-6-4-9-16(19)14-21-23-20(25)22-18-12-7-10-15-8-3-5-11-17(15)18/h3-14H,2H2,1H3,(H2,22,23,25).